The van der Waals surface area contributed by atoms with Gasteiger partial charge in [0, 0.05) is 0 Å². The average Bonchev–Trinajstić information content (AvgIpc) is 2.04. The van der Waals surface area contributed by atoms with Gasteiger partial charge in [0.15, 0.2) is 17.4 Å². The fourth-order valence-corrected chi connectivity index (χ4v) is 0.917. The van der Waals surface area contributed by atoms with Crippen LogP contribution >= 0.6 is 0 Å². The van der Waals surface area contributed by atoms with E-state index in [1.54, 1.807) is 20.8 Å². The molecule has 1 aromatic carbocycles. The summed E-state index contributed by atoms with van der Waals surface area (Å²) in [7, 11) is 0. The first-order chi connectivity index (χ1) is 6.31. The second kappa shape index (κ2) is 3.52. The lowest BCUT2D eigenvalue weighted by molar-refractivity contribution is 0.122. The highest BCUT2D eigenvalue weighted by Crippen LogP contribution is 2.25. The Morgan fingerprint density at radius 3 is 2.07 bits per heavy atom. The third-order valence-corrected chi connectivity index (χ3v) is 1.42. The average molecular weight is 204 g/mol. The lowest BCUT2D eigenvalue weighted by atomic mass is 10.2. The molecule has 1 aromatic rings. The van der Waals surface area contributed by atoms with Gasteiger partial charge in [0.05, 0.1) is 0 Å². The highest BCUT2D eigenvalue weighted by Gasteiger charge is 2.19. The number of ether oxygens (including phenoxy) is 1. The van der Waals surface area contributed by atoms with Gasteiger partial charge < -0.3 is 4.74 Å². The second-order valence-electron chi connectivity index (χ2n) is 3.89. The van der Waals surface area contributed by atoms with E-state index in [-0.39, 0.29) is 5.75 Å². The van der Waals surface area contributed by atoms with Crippen LogP contribution in [-0.4, -0.2) is 5.60 Å². The Hall–Kier alpha value is -1.19. The Kier molecular flexibility index (Phi) is 2.73. The van der Waals surface area contributed by atoms with Crippen molar-refractivity contribution in [3.8, 4) is 5.75 Å². The van der Waals surface area contributed by atoms with E-state index >= 15 is 0 Å². The van der Waals surface area contributed by atoms with Crippen molar-refractivity contribution in [2.45, 2.75) is 26.4 Å². The summed E-state index contributed by atoms with van der Waals surface area (Å²) in [4.78, 5) is 0. The fraction of sp³-hybridized carbons (Fsp3) is 0.400. The Morgan fingerprint density at radius 1 is 1.00 bits per heavy atom. The molecule has 0 aliphatic heterocycles. The maximum Gasteiger partial charge on any atom is 0.203 e. The molecule has 0 saturated carbocycles. The smallest absolute Gasteiger partial charge is 0.203 e. The van der Waals surface area contributed by atoms with Gasteiger partial charge in [-0.3, -0.25) is 0 Å². The lowest BCUT2D eigenvalue weighted by Gasteiger charge is -2.21. The normalized spacial score (nSPS) is 11.6. The van der Waals surface area contributed by atoms with Crippen LogP contribution in [0.4, 0.5) is 13.2 Å². The van der Waals surface area contributed by atoms with Crippen LogP contribution < -0.4 is 4.74 Å². The van der Waals surface area contributed by atoms with Gasteiger partial charge in [-0.15, -0.1) is 0 Å². The van der Waals surface area contributed by atoms with Gasteiger partial charge in [-0.25, -0.2) is 8.78 Å². The van der Waals surface area contributed by atoms with Crippen LogP contribution in [0.1, 0.15) is 20.8 Å². The summed E-state index contributed by atoms with van der Waals surface area (Å²) < 4.78 is 43.4. The topological polar surface area (TPSA) is 9.23 Å². The highest BCUT2D eigenvalue weighted by atomic mass is 19.2. The van der Waals surface area contributed by atoms with E-state index in [4.69, 9.17) is 4.74 Å². The predicted octanol–water partition coefficient (Wildman–Crippen LogP) is 3.28. The molecule has 0 aliphatic carbocycles. The van der Waals surface area contributed by atoms with Crippen LogP contribution in [0.2, 0.25) is 0 Å². The van der Waals surface area contributed by atoms with Crippen molar-refractivity contribution >= 4 is 0 Å². The molecule has 0 atom stereocenters. The van der Waals surface area contributed by atoms with Crippen molar-refractivity contribution < 1.29 is 17.9 Å². The number of rotatable bonds is 1. The molecule has 0 fully saturated rings. The number of halogens is 3. The zero-order valence-corrected chi connectivity index (χ0v) is 8.20. The molecule has 1 rings (SSSR count). The van der Waals surface area contributed by atoms with Gasteiger partial charge in [0.2, 0.25) is 5.82 Å². The van der Waals surface area contributed by atoms with Crippen molar-refractivity contribution in [2.24, 2.45) is 0 Å². The zero-order valence-electron chi connectivity index (χ0n) is 8.20. The molecule has 14 heavy (non-hydrogen) atoms. The van der Waals surface area contributed by atoms with Crippen LogP contribution in [-0.2, 0) is 0 Å². The molecule has 0 radical (unpaired) electrons. The van der Waals surface area contributed by atoms with Crippen LogP contribution in [0.5, 0.6) is 5.75 Å². The van der Waals surface area contributed by atoms with Crippen molar-refractivity contribution in [2.75, 3.05) is 0 Å². The largest absolute Gasteiger partial charge is 0.485 e. The number of hydrogen-bond donors (Lipinski definition) is 0. The van der Waals surface area contributed by atoms with Gasteiger partial charge in [-0.2, -0.15) is 4.39 Å². The van der Waals surface area contributed by atoms with E-state index < -0.39 is 23.1 Å². The molecule has 4 heteroatoms. The first-order valence-electron chi connectivity index (χ1n) is 4.14. The van der Waals surface area contributed by atoms with E-state index in [0.717, 1.165) is 12.1 Å². The molecule has 0 bridgehead atoms. The number of benzene rings is 1. The highest BCUT2D eigenvalue weighted by molar-refractivity contribution is 5.26. The molecule has 78 valence electrons. The van der Waals surface area contributed by atoms with Gasteiger partial charge in [0.1, 0.15) is 5.60 Å². The van der Waals surface area contributed by atoms with Crippen molar-refractivity contribution in [1.29, 1.82) is 0 Å². The fourth-order valence-electron chi connectivity index (χ4n) is 0.917. The molecule has 0 N–H and O–H groups in total. The van der Waals surface area contributed by atoms with Crippen LogP contribution in [0, 0.1) is 17.5 Å². The molecule has 1 nitrogen and oxygen atoms in total. The van der Waals surface area contributed by atoms with E-state index in [1.165, 1.54) is 0 Å². The maximum absolute atomic E-state index is 13.1. The predicted molar refractivity (Wildman–Crippen MR) is 46.7 cm³/mol. The van der Waals surface area contributed by atoms with E-state index in [2.05, 4.69) is 0 Å². The zero-order chi connectivity index (χ0) is 10.9. The molecule has 0 saturated heterocycles. The minimum absolute atomic E-state index is 0.281. The van der Waals surface area contributed by atoms with E-state index in [9.17, 15) is 13.2 Å². The Labute approximate surface area is 80.5 Å². The standard InChI is InChI=1S/C10H11F3O/c1-10(2,3)14-7-5-4-6(11)8(12)9(7)13/h4-5H,1-3H3. The monoisotopic (exact) mass is 204 g/mol. The van der Waals surface area contributed by atoms with Crippen LogP contribution in [0.3, 0.4) is 0 Å². The molecule has 0 heterocycles. The van der Waals surface area contributed by atoms with Gasteiger partial charge in [-0.1, -0.05) is 0 Å². The second-order valence-corrected chi connectivity index (χ2v) is 3.89. The summed E-state index contributed by atoms with van der Waals surface area (Å²) in [5, 5.41) is 0. The summed E-state index contributed by atoms with van der Waals surface area (Å²) in [5.41, 5.74) is -0.648. The SMILES string of the molecule is CC(C)(C)Oc1ccc(F)c(F)c1F. The minimum Gasteiger partial charge on any atom is -0.485 e. The third kappa shape index (κ3) is 2.40. The van der Waals surface area contributed by atoms with Gasteiger partial charge >= 0.3 is 0 Å². The molecule has 0 spiro atoms. The first kappa shape index (κ1) is 10.9. The summed E-state index contributed by atoms with van der Waals surface area (Å²) in [5.74, 6) is -4.30. The summed E-state index contributed by atoms with van der Waals surface area (Å²) in [6.45, 7) is 5.06. The van der Waals surface area contributed by atoms with E-state index in [0.29, 0.717) is 0 Å². The Balaban J connectivity index is 3.06. The van der Waals surface area contributed by atoms with Crippen molar-refractivity contribution in [1.82, 2.24) is 0 Å². The molecular formula is C10H11F3O. The van der Waals surface area contributed by atoms with Crippen molar-refractivity contribution in [3.63, 3.8) is 0 Å². The Bertz CT molecular complexity index is 342. The molecule has 0 aliphatic rings. The summed E-state index contributed by atoms with van der Waals surface area (Å²) >= 11 is 0. The first-order valence-corrected chi connectivity index (χ1v) is 4.14. The Morgan fingerprint density at radius 2 is 1.57 bits per heavy atom. The van der Waals surface area contributed by atoms with Gasteiger partial charge in [-0.05, 0) is 32.9 Å². The molecule has 0 aromatic heterocycles. The van der Waals surface area contributed by atoms with Crippen molar-refractivity contribution in [3.05, 3.63) is 29.6 Å². The number of hydrogen-bond acceptors (Lipinski definition) is 1. The molecule has 0 unspecified atom stereocenters. The lowest BCUT2D eigenvalue weighted by Crippen LogP contribution is -2.23. The summed E-state index contributed by atoms with van der Waals surface area (Å²) in [6, 6.07) is 1.90. The van der Waals surface area contributed by atoms with Crippen LogP contribution in [0.25, 0.3) is 0 Å². The molecule has 0 amide bonds. The minimum atomic E-state index is -1.51. The maximum atomic E-state index is 13.1. The quantitative estimate of drug-likeness (QED) is 0.638. The molecular weight excluding hydrogens is 193 g/mol. The van der Waals surface area contributed by atoms with Crippen LogP contribution in [0.15, 0.2) is 12.1 Å². The van der Waals surface area contributed by atoms with E-state index in [1.807, 2.05) is 0 Å². The third-order valence-electron chi connectivity index (χ3n) is 1.42. The van der Waals surface area contributed by atoms with Gasteiger partial charge in [0.25, 0.3) is 0 Å². The summed E-state index contributed by atoms with van der Waals surface area (Å²) in [6.07, 6.45) is 0.